The van der Waals surface area contributed by atoms with E-state index < -0.39 is 0 Å². The standard InChI is InChI=1S/C14H17N3OS/c1-9-14(19-17-16-9)12(15)4-2-10-3-5-13-11(8-10)6-7-18-13/h3,5,8,12H,2,4,6-7,15H2,1H3. The molecule has 0 spiro atoms. The van der Waals surface area contributed by atoms with Gasteiger partial charge in [-0.3, -0.25) is 0 Å². The number of hydrogen-bond acceptors (Lipinski definition) is 5. The Morgan fingerprint density at radius 3 is 3.16 bits per heavy atom. The smallest absolute Gasteiger partial charge is 0.122 e. The minimum absolute atomic E-state index is 0.0319. The number of nitrogens with two attached hydrogens (primary N) is 1. The van der Waals surface area contributed by atoms with Crippen molar-refractivity contribution in [3.05, 3.63) is 39.9 Å². The van der Waals surface area contributed by atoms with Gasteiger partial charge in [-0.15, -0.1) is 5.10 Å². The highest BCUT2D eigenvalue weighted by Crippen LogP contribution is 2.27. The molecule has 3 rings (SSSR count). The zero-order valence-electron chi connectivity index (χ0n) is 10.9. The van der Waals surface area contributed by atoms with Crippen LogP contribution in [0.15, 0.2) is 18.2 Å². The number of fused-ring (bicyclic) bond motifs is 1. The van der Waals surface area contributed by atoms with Crippen molar-refractivity contribution >= 4 is 11.5 Å². The van der Waals surface area contributed by atoms with Gasteiger partial charge < -0.3 is 10.5 Å². The number of benzene rings is 1. The first-order valence-electron chi connectivity index (χ1n) is 6.53. The molecule has 1 aliphatic rings. The highest BCUT2D eigenvalue weighted by atomic mass is 32.1. The van der Waals surface area contributed by atoms with E-state index in [0.717, 1.165) is 42.2 Å². The molecule has 2 aromatic rings. The van der Waals surface area contributed by atoms with Crippen LogP contribution < -0.4 is 10.5 Å². The third-order valence-electron chi connectivity index (χ3n) is 3.52. The lowest BCUT2D eigenvalue weighted by molar-refractivity contribution is 0.357. The Morgan fingerprint density at radius 2 is 2.37 bits per heavy atom. The molecule has 1 atom stereocenters. The van der Waals surface area contributed by atoms with E-state index in [2.05, 4.69) is 27.8 Å². The summed E-state index contributed by atoms with van der Waals surface area (Å²) in [6, 6.07) is 6.48. The second-order valence-electron chi connectivity index (χ2n) is 4.91. The van der Waals surface area contributed by atoms with Crippen LogP contribution in [-0.4, -0.2) is 16.2 Å². The fourth-order valence-electron chi connectivity index (χ4n) is 2.43. The number of hydrogen-bond donors (Lipinski definition) is 1. The Morgan fingerprint density at radius 1 is 1.47 bits per heavy atom. The third-order valence-corrected chi connectivity index (χ3v) is 4.48. The van der Waals surface area contributed by atoms with Crippen LogP contribution in [0.4, 0.5) is 0 Å². The molecule has 0 fully saturated rings. The lowest BCUT2D eigenvalue weighted by atomic mass is 10.0. The summed E-state index contributed by atoms with van der Waals surface area (Å²) < 4.78 is 9.45. The third kappa shape index (κ3) is 2.62. The van der Waals surface area contributed by atoms with Gasteiger partial charge in [0.1, 0.15) is 5.75 Å². The highest BCUT2D eigenvalue weighted by molar-refractivity contribution is 7.05. The Kier molecular flexibility index (Phi) is 3.48. The summed E-state index contributed by atoms with van der Waals surface area (Å²) in [7, 11) is 0. The minimum atomic E-state index is 0.0319. The van der Waals surface area contributed by atoms with Crippen molar-refractivity contribution in [2.24, 2.45) is 5.73 Å². The number of aryl methyl sites for hydroxylation is 2. The summed E-state index contributed by atoms with van der Waals surface area (Å²) in [4.78, 5) is 1.10. The lowest BCUT2D eigenvalue weighted by Crippen LogP contribution is -2.11. The average Bonchev–Trinajstić information content (AvgIpc) is 3.03. The van der Waals surface area contributed by atoms with Gasteiger partial charge in [-0.2, -0.15) is 0 Å². The van der Waals surface area contributed by atoms with E-state index in [-0.39, 0.29) is 6.04 Å². The predicted molar refractivity (Wildman–Crippen MR) is 75.5 cm³/mol. The minimum Gasteiger partial charge on any atom is -0.493 e. The van der Waals surface area contributed by atoms with Crippen LogP contribution in [0.3, 0.4) is 0 Å². The number of ether oxygens (including phenoxy) is 1. The van der Waals surface area contributed by atoms with E-state index in [1.807, 2.05) is 6.92 Å². The topological polar surface area (TPSA) is 61.0 Å². The molecule has 5 heteroatoms. The monoisotopic (exact) mass is 275 g/mol. The van der Waals surface area contributed by atoms with Gasteiger partial charge in [-0.25, -0.2) is 0 Å². The molecule has 1 aliphatic heterocycles. The summed E-state index contributed by atoms with van der Waals surface area (Å²) in [6.45, 7) is 2.77. The maximum atomic E-state index is 6.21. The van der Waals surface area contributed by atoms with E-state index in [0.29, 0.717) is 0 Å². The molecule has 2 heterocycles. The van der Waals surface area contributed by atoms with Gasteiger partial charge in [0.05, 0.1) is 17.2 Å². The van der Waals surface area contributed by atoms with E-state index in [9.17, 15) is 0 Å². The Hall–Kier alpha value is -1.46. The van der Waals surface area contributed by atoms with Gasteiger partial charge in [0.2, 0.25) is 0 Å². The number of nitrogens with zero attached hydrogens (tertiary/aromatic N) is 2. The van der Waals surface area contributed by atoms with Crippen LogP contribution in [0.5, 0.6) is 5.75 Å². The molecular formula is C14H17N3OS. The zero-order valence-corrected chi connectivity index (χ0v) is 11.7. The first kappa shape index (κ1) is 12.6. The van der Waals surface area contributed by atoms with Gasteiger partial charge in [0.25, 0.3) is 0 Å². The number of rotatable bonds is 4. The summed E-state index contributed by atoms with van der Waals surface area (Å²) in [5, 5.41) is 4.01. The first-order chi connectivity index (χ1) is 9.24. The molecule has 0 amide bonds. The Bertz CT molecular complexity index is 582. The van der Waals surface area contributed by atoms with E-state index >= 15 is 0 Å². The van der Waals surface area contributed by atoms with Gasteiger partial charge in [0.15, 0.2) is 0 Å². The molecule has 0 bridgehead atoms. The fourth-order valence-corrected chi connectivity index (χ4v) is 3.10. The summed E-state index contributed by atoms with van der Waals surface area (Å²) in [6.07, 6.45) is 2.92. The van der Waals surface area contributed by atoms with E-state index in [1.54, 1.807) is 0 Å². The van der Waals surface area contributed by atoms with Crippen molar-refractivity contribution in [1.82, 2.24) is 9.59 Å². The normalized spacial score (nSPS) is 15.1. The van der Waals surface area contributed by atoms with Gasteiger partial charge >= 0.3 is 0 Å². The van der Waals surface area contributed by atoms with Crippen molar-refractivity contribution in [3.8, 4) is 5.75 Å². The van der Waals surface area contributed by atoms with Crippen molar-refractivity contribution in [2.75, 3.05) is 6.61 Å². The second-order valence-corrected chi connectivity index (χ2v) is 5.69. The van der Waals surface area contributed by atoms with E-state index in [1.165, 1.54) is 22.7 Å². The molecule has 0 saturated carbocycles. The van der Waals surface area contributed by atoms with Crippen LogP contribution in [0, 0.1) is 6.92 Å². The molecule has 0 radical (unpaired) electrons. The fraction of sp³-hybridized carbons (Fsp3) is 0.429. The highest BCUT2D eigenvalue weighted by Gasteiger charge is 2.15. The molecule has 1 aromatic carbocycles. The van der Waals surface area contributed by atoms with Gasteiger partial charge in [-0.1, -0.05) is 16.6 Å². The largest absolute Gasteiger partial charge is 0.493 e. The summed E-state index contributed by atoms with van der Waals surface area (Å²) >= 11 is 1.41. The zero-order chi connectivity index (χ0) is 13.2. The van der Waals surface area contributed by atoms with Crippen molar-refractivity contribution in [2.45, 2.75) is 32.2 Å². The molecule has 2 N–H and O–H groups in total. The molecular weight excluding hydrogens is 258 g/mol. The van der Waals surface area contributed by atoms with Crippen LogP contribution in [-0.2, 0) is 12.8 Å². The van der Waals surface area contributed by atoms with Crippen LogP contribution in [0.2, 0.25) is 0 Å². The van der Waals surface area contributed by atoms with E-state index in [4.69, 9.17) is 10.5 Å². The SMILES string of the molecule is Cc1nnsc1C(N)CCc1ccc2c(c1)CCO2. The van der Waals surface area contributed by atoms with Gasteiger partial charge in [-0.05, 0) is 48.5 Å². The molecule has 4 nitrogen and oxygen atoms in total. The summed E-state index contributed by atoms with van der Waals surface area (Å²) in [5.41, 5.74) is 9.81. The van der Waals surface area contributed by atoms with Crippen LogP contribution >= 0.6 is 11.5 Å². The lowest BCUT2D eigenvalue weighted by Gasteiger charge is -2.10. The van der Waals surface area contributed by atoms with Crippen LogP contribution in [0.1, 0.15) is 34.2 Å². The average molecular weight is 275 g/mol. The quantitative estimate of drug-likeness (QED) is 0.931. The Balaban J connectivity index is 1.65. The first-order valence-corrected chi connectivity index (χ1v) is 7.30. The van der Waals surface area contributed by atoms with Gasteiger partial charge in [0, 0.05) is 12.5 Å². The second kappa shape index (κ2) is 5.27. The number of aromatic nitrogens is 2. The Labute approximate surface area is 116 Å². The molecule has 19 heavy (non-hydrogen) atoms. The summed E-state index contributed by atoms with van der Waals surface area (Å²) in [5.74, 6) is 1.04. The van der Waals surface area contributed by atoms with Crippen molar-refractivity contribution in [1.29, 1.82) is 0 Å². The molecule has 1 unspecified atom stereocenters. The maximum absolute atomic E-state index is 6.21. The van der Waals surface area contributed by atoms with Crippen LogP contribution in [0.25, 0.3) is 0 Å². The predicted octanol–water partition coefficient (Wildman–Crippen LogP) is 2.41. The van der Waals surface area contributed by atoms with Crippen molar-refractivity contribution in [3.63, 3.8) is 0 Å². The maximum Gasteiger partial charge on any atom is 0.122 e. The molecule has 100 valence electrons. The molecule has 0 aliphatic carbocycles. The molecule has 1 aromatic heterocycles. The molecule has 0 saturated heterocycles. The van der Waals surface area contributed by atoms with Crippen molar-refractivity contribution < 1.29 is 4.74 Å².